The number of carbonyl (C=O) groups is 2. The molecule has 1 aromatic carbocycles. The average Bonchev–Trinajstić information content (AvgIpc) is 2.80. The molecule has 0 radical (unpaired) electrons. The van der Waals surface area contributed by atoms with Gasteiger partial charge in [0, 0.05) is 19.9 Å². The van der Waals surface area contributed by atoms with E-state index < -0.39 is 0 Å². The van der Waals surface area contributed by atoms with Gasteiger partial charge in [-0.2, -0.15) is 0 Å². The summed E-state index contributed by atoms with van der Waals surface area (Å²) < 4.78 is 1.70. The molecule has 0 unspecified atom stereocenters. The van der Waals surface area contributed by atoms with Crippen molar-refractivity contribution in [2.24, 2.45) is 0 Å². The minimum atomic E-state index is -0.226. The monoisotopic (exact) mass is 434 g/mol. The van der Waals surface area contributed by atoms with E-state index in [1.807, 2.05) is 37.3 Å². The highest BCUT2D eigenvalue weighted by Crippen LogP contribution is 2.25. The summed E-state index contributed by atoms with van der Waals surface area (Å²) >= 11 is 0. The summed E-state index contributed by atoms with van der Waals surface area (Å²) in [4.78, 5) is 48.0. The van der Waals surface area contributed by atoms with E-state index in [0.29, 0.717) is 54.8 Å². The number of rotatable bonds is 9. The maximum Gasteiger partial charge on any atom is 0.274 e. The predicted molar refractivity (Wildman–Crippen MR) is 126 cm³/mol. The van der Waals surface area contributed by atoms with Crippen molar-refractivity contribution in [2.75, 3.05) is 11.9 Å². The zero-order valence-electron chi connectivity index (χ0n) is 19.2. The summed E-state index contributed by atoms with van der Waals surface area (Å²) in [6.07, 6.45) is 2.46. The van der Waals surface area contributed by atoms with Crippen molar-refractivity contribution in [1.29, 1.82) is 0 Å². The van der Waals surface area contributed by atoms with Crippen molar-refractivity contribution in [3.05, 3.63) is 64.1 Å². The van der Waals surface area contributed by atoms with Crippen molar-refractivity contribution in [2.45, 2.75) is 58.9 Å². The lowest BCUT2D eigenvalue weighted by Crippen LogP contribution is -2.31. The Morgan fingerprint density at radius 2 is 1.78 bits per heavy atom. The van der Waals surface area contributed by atoms with Crippen LogP contribution < -0.4 is 10.5 Å². The number of nitrogens with zero attached hydrogens (tertiary/aromatic N) is 4. The number of hydrogen-bond donors (Lipinski definition) is 0. The molecular formula is C25H30N4O3. The summed E-state index contributed by atoms with van der Waals surface area (Å²) in [5, 5.41) is 0. The van der Waals surface area contributed by atoms with E-state index in [-0.39, 0.29) is 23.3 Å². The Hall–Kier alpha value is -3.35. The van der Waals surface area contributed by atoms with Crippen LogP contribution in [0.4, 0.5) is 5.82 Å². The minimum Gasteiger partial charge on any atom is -0.300 e. The molecule has 0 aliphatic heterocycles. The Morgan fingerprint density at radius 3 is 2.41 bits per heavy atom. The van der Waals surface area contributed by atoms with E-state index in [9.17, 15) is 14.4 Å². The van der Waals surface area contributed by atoms with Crippen molar-refractivity contribution < 1.29 is 9.59 Å². The van der Waals surface area contributed by atoms with Crippen LogP contribution >= 0.6 is 0 Å². The zero-order valence-corrected chi connectivity index (χ0v) is 19.2. The van der Waals surface area contributed by atoms with Gasteiger partial charge in [0.1, 0.15) is 22.8 Å². The fraction of sp³-hybridized carbons (Fsp3) is 0.400. The number of aryl methyl sites for hydroxylation is 1. The third kappa shape index (κ3) is 4.93. The third-order valence-corrected chi connectivity index (χ3v) is 5.63. The van der Waals surface area contributed by atoms with Crippen LogP contribution in [0.3, 0.4) is 0 Å². The standard InChI is InChI=1S/C25H30N4O3/c1-5-21(18-12-8-7-9-13-18)29-24-19(15-16-22(27-24)28(4)23(31)6-2)26-20(25(29)32)14-10-11-17(3)30/h7-9,12-13,15-16,21H,5-6,10-11,14H2,1-4H3/t21-/m0/s1. The number of hydrogen-bond acceptors (Lipinski definition) is 5. The number of amides is 1. The van der Waals surface area contributed by atoms with Crippen molar-refractivity contribution in [1.82, 2.24) is 14.5 Å². The smallest absolute Gasteiger partial charge is 0.274 e. The van der Waals surface area contributed by atoms with Gasteiger partial charge in [0.2, 0.25) is 5.91 Å². The molecule has 32 heavy (non-hydrogen) atoms. The number of Topliss-reactive ketones (excluding diaryl/α,β-unsaturated/α-hetero) is 1. The second kappa shape index (κ2) is 10.3. The van der Waals surface area contributed by atoms with Gasteiger partial charge in [-0.25, -0.2) is 9.97 Å². The van der Waals surface area contributed by atoms with Crippen LogP contribution in [0.5, 0.6) is 0 Å². The molecule has 1 amide bonds. The van der Waals surface area contributed by atoms with E-state index >= 15 is 0 Å². The fourth-order valence-corrected chi connectivity index (χ4v) is 3.88. The van der Waals surface area contributed by atoms with Crippen LogP contribution in [0.1, 0.15) is 63.8 Å². The van der Waals surface area contributed by atoms with Gasteiger partial charge in [0.05, 0.1) is 6.04 Å². The number of pyridine rings is 1. The van der Waals surface area contributed by atoms with Gasteiger partial charge in [-0.1, -0.05) is 44.2 Å². The van der Waals surface area contributed by atoms with E-state index in [1.54, 1.807) is 37.6 Å². The number of fused-ring (bicyclic) bond motifs is 1. The number of benzene rings is 1. The zero-order chi connectivity index (χ0) is 23.3. The molecule has 0 saturated carbocycles. The molecule has 0 saturated heterocycles. The van der Waals surface area contributed by atoms with Gasteiger partial charge in [0.25, 0.3) is 5.56 Å². The van der Waals surface area contributed by atoms with Gasteiger partial charge < -0.3 is 4.79 Å². The largest absolute Gasteiger partial charge is 0.300 e. The highest BCUT2D eigenvalue weighted by atomic mass is 16.2. The van der Waals surface area contributed by atoms with Crippen molar-refractivity contribution in [3.8, 4) is 0 Å². The lowest BCUT2D eigenvalue weighted by Gasteiger charge is -2.23. The van der Waals surface area contributed by atoms with Crippen LogP contribution in [0.2, 0.25) is 0 Å². The van der Waals surface area contributed by atoms with Crippen LogP contribution in [0.25, 0.3) is 11.2 Å². The maximum atomic E-state index is 13.6. The first-order valence-corrected chi connectivity index (χ1v) is 11.1. The van der Waals surface area contributed by atoms with E-state index in [4.69, 9.17) is 4.98 Å². The van der Waals surface area contributed by atoms with Crippen molar-refractivity contribution >= 4 is 28.7 Å². The Kier molecular flexibility index (Phi) is 7.51. The van der Waals surface area contributed by atoms with E-state index in [1.165, 1.54) is 4.90 Å². The Morgan fingerprint density at radius 1 is 1.06 bits per heavy atom. The first-order valence-electron chi connectivity index (χ1n) is 11.1. The Labute approximate surface area is 188 Å². The second-order valence-electron chi connectivity index (χ2n) is 7.94. The lowest BCUT2D eigenvalue weighted by molar-refractivity contribution is -0.118. The molecule has 3 rings (SSSR count). The van der Waals surface area contributed by atoms with Crippen molar-refractivity contribution in [3.63, 3.8) is 0 Å². The molecule has 0 bridgehead atoms. The highest BCUT2D eigenvalue weighted by Gasteiger charge is 2.21. The van der Waals surface area contributed by atoms with Gasteiger partial charge in [0.15, 0.2) is 5.65 Å². The third-order valence-electron chi connectivity index (χ3n) is 5.63. The fourth-order valence-electron chi connectivity index (χ4n) is 3.88. The second-order valence-corrected chi connectivity index (χ2v) is 7.94. The summed E-state index contributed by atoms with van der Waals surface area (Å²) in [6.45, 7) is 5.38. The normalized spacial score (nSPS) is 12.0. The van der Waals surface area contributed by atoms with Gasteiger partial charge in [-0.15, -0.1) is 0 Å². The van der Waals surface area contributed by atoms with Crippen LogP contribution in [0.15, 0.2) is 47.3 Å². The summed E-state index contributed by atoms with van der Waals surface area (Å²) in [7, 11) is 1.68. The van der Waals surface area contributed by atoms with Gasteiger partial charge >= 0.3 is 0 Å². The maximum absolute atomic E-state index is 13.6. The Bertz CT molecular complexity index is 1170. The highest BCUT2D eigenvalue weighted by molar-refractivity contribution is 5.92. The number of ketones is 1. The number of anilines is 1. The summed E-state index contributed by atoms with van der Waals surface area (Å²) in [5.74, 6) is 0.512. The summed E-state index contributed by atoms with van der Waals surface area (Å²) in [6, 6.07) is 13.2. The van der Waals surface area contributed by atoms with Crippen LogP contribution in [-0.2, 0) is 16.0 Å². The molecule has 168 valence electrons. The number of carbonyl (C=O) groups excluding carboxylic acids is 2. The molecule has 2 heterocycles. The Balaban J connectivity index is 2.22. The van der Waals surface area contributed by atoms with Gasteiger partial charge in [-0.3, -0.25) is 19.1 Å². The molecule has 2 aromatic heterocycles. The molecule has 0 N–H and O–H groups in total. The SMILES string of the molecule is CCC(=O)N(C)c1ccc2nc(CCCC(C)=O)c(=O)n([C@@H](CC)c3ccccc3)c2n1. The quantitative estimate of drug-likeness (QED) is 0.507. The first kappa shape index (κ1) is 23.3. The lowest BCUT2D eigenvalue weighted by atomic mass is 10.0. The topological polar surface area (TPSA) is 85.2 Å². The first-order chi connectivity index (χ1) is 15.4. The minimum absolute atomic E-state index is 0.0605. The van der Waals surface area contributed by atoms with Crippen LogP contribution in [0, 0.1) is 0 Å². The molecule has 3 aromatic rings. The molecule has 1 atom stereocenters. The predicted octanol–water partition coefficient (Wildman–Crippen LogP) is 4.08. The van der Waals surface area contributed by atoms with E-state index in [0.717, 1.165) is 5.56 Å². The molecule has 0 aliphatic rings. The average molecular weight is 435 g/mol. The van der Waals surface area contributed by atoms with E-state index in [2.05, 4.69) is 4.98 Å². The molecule has 0 fully saturated rings. The molecule has 0 aliphatic carbocycles. The molecule has 7 nitrogen and oxygen atoms in total. The summed E-state index contributed by atoms with van der Waals surface area (Å²) in [5.41, 5.74) is 2.28. The van der Waals surface area contributed by atoms with Gasteiger partial charge in [-0.05, 0) is 43.9 Å². The molecule has 7 heteroatoms. The number of aromatic nitrogens is 3. The molecule has 0 spiro atoms. The van der Waals surface area contributed by atoms with Crippen LogP contribution in [-0.4, -0.2) is 33.3 Å². The molecular weight excluding hydrogens is 404 g/mol.